The third kappa shape index (κ3) is 4.40. The van der Waals surface area contributed by atoms with Gasteiger partial charge in [-0.2, -0.15) is 0 Å². The fourth-order valence-electron chi connectivity index (χ4n) is 5.14. The van der Waals surface area contributed by atoms with Crippen LogP contribution in [0.5, 0.6) is 0 Å². The lowest BCUT2D eigenvalue weighted by molar-refractivity contribution is -0.149. The molecule has 0 spiro atoms. The lowest BCUT2D eigenvalue weighted by atomic mass is 9.73. The maximum atomic E-state index is 14.5. The first kappa shape index (κ1) is 21.7. The van der Waals surface area contributed by atoms with E-state index in [1.54, 1.807) is 18.3 Å². The molecule has 1 amide bonds. The molecule has 2 saturated heterocycles. The lowest BCUT2D eigenvalue weighted by Gasteiger charge is -2.40. The summed E-state index contributed by atoms with van der Waals surface area (Å²) < 4.78 is 20.1. The zero-order valence-corrected chi connectivity index (χ0v) is 18.6. The highest BCUT2D eigenvalue weighted by molar-refractivity contribution is 5.84. The van der Waals surface area contributed by atoms with Gasteiger partial charge >= 0.3 is 0 Å². The maximum Gasteiger partial charge on any atom is 0.229 e. The first-order chi connectivity index (χ1) is 16.2. The summed E-state index contributed by atoms with van der Waals surface area (Å²) >= 11 is 0. The fourth-order valence-corrected chi connectivity index (χ4v) is 5.14. The molecule has 5 nitrogen and oxygen atoms in total. The van der Waals surface area contributed by atoms with Gasteiger partial charge in [0.25, 0.3) is 0 Å². The molecule has 6 heteroatoms. The molecular formula is C27H28FN3O2. The van der Waals surface area contributed by atoms with Crippen LogP contribution in [-0.2, 0) is 16.0 Å². The zero-order valence-electron chi connectivity index (χ0n) is 18.6. The van der Waals surface area contributed by atoms with Crippen LogP contribution in [-0.4, -0.2) is 40.5 Å². The van der Waals surface area contributed by atoms with Crippen molar-refractivity contribution < 1.29 is 13.9 Å². The van der Waals surface area contributed by atoms with Gasteiger partial charge in [-0.1, -0.05) is 48.5 Å². The van der Waals surface area contributed by atoms with Gasteiger partial charge in [0.15, 0.2) is 5.82 Å². The lowest BCUT2D eigenvalue weighted by Crippen LogP contribution is -2.48. The molecule has 0 unspecified atom stereocenters. The molecule has 2 aliphatic rings. The van der Waals surface area contributed by atoms with E-state index in [0.717, 1.165) is 24.1 Å². The van der Waals surface area contributed by atoms with Crippen LogP contribution in [0.3, 0.4) is 0 Å². The summed E-state index contributed by atoms with van der Waals surface area (Å²) in [6.07, 6.45) is 5.15. The predicted molar refractivity (Wildman–Crippen MR) is 124 cm³/mol. The quantitative estimate of drug-likeness (QED) is 0.556. The summed E-state index contributed by atoms with van der Waals surface area (Å²) in [5.74, 6) is 0.508. The molecule has 0 aliphatic carbocycles. The molecule has 0 saturated carbocycles. The van der Waals surface area contributed by atoms with E-state index in [1.165, 1.54) is 6.07 Å². The molecule has 5 rings (SSSR count). The predicted octanol–water partition coefficient (Wildman–Crippen LogP) is 4.99. The molecule has 3 aromatic rings. The second-order valence-corrected chi connectivity index (χ2v) is 8.99. The molecule has 1 aromatic heterocycles. The van der Waals surface area contributed by atoms with E-state index >= 15 is 0 Å². The van der Waals surface area contributed by atoms with Crippen LogP contribution in [0.1, 0.15) is 43.0 Å². The number of carbonyl (C=O) groups excluding carboxylic acids is 1. The van der Waals surface area contributed by atoms with Crippen molar-refractivity contribution in [1.29, 1.82) is 0 Å². The van der Waals surface area contributed by atoms with Crippen LogP contribution in [0.2, 0.25) is 0 Å². The third-order valence-electron chi connectivity index (χ3n) is 6.95. The van der Waals surface area contributed by atoms with E-state index in [0.29, 0.717) is 50.4 Å². The van der Waals surface area contributed by atoms with Crippen molar-refractivity contribution in [3.8, 4) is 11.4 Å². The molecule has 0 bridgehead atoms. The molecule has 33 heavy (non-hydrogen) atoms. The number of ether oxygens (including phenoxy) is 1. The van der Waals surface area contributed by atoms with Gasteiger partial charge in [-0.25, -0.2) is 14.4 Å². The largest absolute Gasteiger partial charge is 0.381 e. The number of carbonyl (C=O) groups is 1. The monoisotopic (exact) mass is 445 g/mol. The first-order valence-electron chi connectivity index (χ1n) is 11.7. The minimum Gasteiger partial charge on any atom is -0.381 e. The Balaban J connectivity index is 1.45. The normalized spacial score (nSPS) is 20.0. The molecule has 1 atom stereocenters. The second-order valence-electron chi connectivity index (χ2n) is 8.99. The van der Waals surface area contributed by atoms with Crippen LogP contribution >= 0.6 is 0 Å². The maximum absolute atomic E-state index is 14.5. The zero-order chi connectivity index (χ0) is 22.7. The Morgan fingerprint density at radius 1 is 1.06 bits per heavy atom. The average molecular weight is 446 g/mol. The molecule has 3 heterocycles. The van der Waals surface area contributed by atoms with Crippen molar-refractivity contribution in [3.63, 3.8) is 0 Å². The van der Waals surface area contributed by atoms with Crippen LogP contribution < -0.4 is 0 Å². The van der Waals surface area contributed by atoms with Crippen molar-refractivity contribution in [2.75, 3.05) is 19.8 Å². The summed E-state index contributed by atoms with van der Waals surface area (Å²) in [4.78, 5) is 25.3. The Kier molecular flexibility index (Phi) is 6.18. The minimum absolute atomic E-state index is 0.0939. The Bertz CT molecular complexity index is 1120. The fraction of sp³-hybridized carbons (Fsp3) is 0.370. The number of aromatic nitrogens is 2. The smallest absolute Gasteiger partial charge is 0.229 e. The standard InChI is InChI=1S/C27H28FN3O2/c28-22-10-5-4-9-21(22)19-27(13-17-33-18-14-27)26(32)31-16-6-11-24(31)23-12-15-29-25(30-23)20-7-2-1-3-8-20/h1-5,7-10,12,15,24H,6,11,13-14,16-19H2/t24-/m0/s1. The van der Waals surface area contributed by atoms with Crippen molar-refractivity contribution in [1.82, 2.24) is 14.9 Å². The molecule has 170 valence electrons. The SMILES string of the molecule is O=C(N1CCC[C@H]1c1ccnc(-c2ccccc2)n1)C1(Cc2ccccc2F)CCOCC1. The van der Waals surface area contributed by atoms with Gasteiger partial charge in [0, 0.05) is 31.5 Å². The minimum atomic E-state index is -0.654. The number of hydrogen-bond acceptors (Lipinski definition) is 4. The summed E-state index contributed by atoms with van der Waals surface area (Å²) in [5.41, 5.74) is 1.76. The van der Waals surface area contributed by atoms with Crippen LogP contribution in [0.25, 0.3) is 11.4 Å². The number of halogens is 1. The van der Waals surface area contributed by atoms with E-state index in [4.69, 9.17) is 9.72 Å². The number of hydrogen-bond donors (Lipinski definition) is 0. The Hall–Kier alpha value is -3.12. The average Bonchev–Trinajstić information content (AvgIpc) is 3.36. The van der Waals surface area contributed by atoms with Gasteiger partial charge in [-0.05, 0) is 49.8 Å². The summed E-state index contributed by atoms with van der Waals surface area (Å²) in [5, 5.41) is 0. The van der Waals surface area contributed by atoms with E-state index in [1.807, 2.05) is 47.4 Å². The van der Waals surface area contributed by atoms with Crippen molar-refractivity contribution in [2.45, 2.75) is 38.1 Å². The summed E-state index contributed by atoms with van der Waals surface area (Å²) in [6, 6.07) is 18.5. The van der Waals surface area contributed by atoms with Gasteiger partial charge in [0.1, 0.15) is 5.82 Å². The van der Waals surface area contributed by atoms with E-state index < -0.39 is 5.41 Å². The van der Waals surface area contributed by atoms with Gasteiger partial charge in [-0.3, -0.25) is 4.79 Å². The molecule has 2 aromatic carbocycles. The highest BCUT2D eigenvalue weighted by atomic mass is 19.1. The Morgan fingerprint density at radius 3 is 2.61 bits per heavy atom. The number of benzene rings is 2. The number of nitrogens with zero attached hydrogens (tertiary/aromatic N) is 3. The van der Waals surface area contributed by atoms with Crippen LogP contribution in [0.4, 0.5) is 4.39 Å². The second kappa shape index (κ2) is 9.40. The summed E-state index contributed by atoms with van der Waals surface area (Å²) in [6.45, 7) is 1.72. The van der Waals surface area contributed by atoms with Gasteiger partial charge < -0.3 is 9.64 Å². The highest BCUT2D eigenvalue weighted by Crippen LogP contribution is 2.42. The van der Waals surface area contributed by atoms with Crippen molar-refractivity contribution >= 4 is 5.91 Å². The van der Waals surface area contributed by atoms with E-state index in [9.17, 15) is 9.18 Å². The first-order valence-corrected chi connectivity index (χ1v) is 11.7. The molecular weight excluding hydrogens is 417 g/mol. The topological polar surface area (TPSA) is 55.3 Å². The van der Waals surface area contributed by atoms with Crippen LogP contribution in [0.15, 0.2) is 66.9 Å². The molecule has 2 aliphatic heterocycles. The van der Waals surface area contributed by atoms with Crippen molar-refractivity contribution in [3.05, 3.63) is 83.9 Å². The number of amides is 1. The Labute approximate surface area is 193 Å². The van der Waals surface area contributed by atoms with Crippen molar-refractivity contribution in [2.24, 2.45) is 5.41 Å². The number of rotatable bonds is 5. The molecule has 0 radical (unpaired) electrons. The molecule has 0 N–H and O–H groups in total. The van der Waals surface area contributed by atoms with Gasteiger partial charge in [0.05, 0.1) is 17.2 Å². The van der Waals surface area contributed by atoms with E-state index in [2.05, 4.69) is 4.98 Å². The highest BCUT2D eigenvalue weighted by Gasteiger charge is 2.46. The van der Waals surface area contributed by atoms with E-state index in [-0.39, 0.29) is 17.8 Å². The third-order valence-corrected chi connectivity index (χ3v) is 6.95. The van der Waals surface area contributed by atoms with Gasteiger partial charge in [0.2, 0.25) is 5.91 Å². The van der Waals surface area contributed by atoms with Gasteiger partial charge in [-0.15, -0.1) is 0 Å². The number of likely N-dealkylation sites (tertiary alicyclic amines) is 1. The molecule has 2 fully saturated rings. The Morgan fingerprint density at radius 2 is 1.82 bits per heavy atom. The summed E-state index contributed by atoms with van der Waals surface area (Å²) in [7, 11) is 0. The van der Waals surface area contributed by atoms with Crippen LogP contribution in [0, 0.1) is 11.2 Å².